The van der Waals surface area contributed by atoms with Crippen molar-refractivity contribution in [3.63, 3.8) is 0 Å². The van der Waals surface area contributed by atoms with Crippen molar-refractivity contribution in [2.75, 3.05) is 5.32 Å². The largest absolute Gasteiger partial charge is 0.373 e. The summed E-state index contributed by atoms with van der Waals surface area (Å²) >= 11 is 0. The highest BCUT2D eigenvalue weighted by Gasteiger charge is 2.26. The summed E-state index contributed by atoms with van der Waals surface area (Å²) in [6.07, 6.45) is 0.779. The van der Waals surface area contributed by atoms with Gasteiger partial charge in [0.25, 0.3) is 0 Å². The first-order valence-corrected chi connectivity index (χ1v) is 7.09. The summed E-state index contributed by atoms with van der Waals surface area (Å²) in [6.45, 7) is 5.66. The Kier molecular flexibility index (Phi) is 6.27. The molecule has 0 aliphatic carbocycles. The minimum absolute atomic E-state index is 0.0221. The Hall–Kier alpha value is -1.98. The number of imide groups is 1. The SMILES string of the molecule is CC.CCc1c(F)cc(NC2CCC(=O)NC2=O)cc1F. The Bertz CT molecular complexity index is 509. The van der Waals surface area contributed by atoms with E-state index in [4.69, 9.17) is 0 Å². The molecule has 1 aliphatic heterocycles. The fourth-order valence-corrected chi connectivity index (χ4v) is 2.06. The second-order valence-electron chi connectivity index (χ2n) is 4.42. The van der Waals surface area contributed by atoms with Gasteiger partial charge in [-0.3, -0.25) is 14.9 Å². The molecule has 2 N–H and O–H groups in total. The van der Waals surface area contributed by atoms with Gasteiger partial charge in [-0.15, -0.1) is 0 Å². The molecule has 2 amide bonds. The molecule has 2 rings (SSSR count). The van der Waals surface area contributed by atoms with Crippen LogP contribution < -0.4 is 10.6 Å². The third-order valence-electron chi connectivity index (χ3n) is 3.07. The molecule has 4 nitrogen and oxygen atoms in total. The Labute approximate surface area is 122 Å². The maximum absolute atomic E-state index is 13.6. The van der Waals surface area contributed by atoms with Crippen molar-refractivity contribution in [3.05, 3.63) is 29.3 Å². The molecule has 0 radical (unpaired) electrons. The van der Waals surface area contributed by atoms with Crippen molar-refractivity contribution in [2.45, 2.75) is 46.1 Å². The van der Waals surface area contributed by atoms with Gasteiger partial charge in [0.1, 0.15) is 17.7 Å². The predicted octanol–water partition coefficient (Wildman–Crippen LogP) is 2.77. The number of amides is 2. The molecule has 1 atom stereocenters. The van der Waals surface area contributed by atoms with E-state index >= 15 is 0 Å². The standard InChI is InChI=1S/C13H14F2N2O2.C2H6/c1-2-8-9(14)5-7(6-10(8)15)16-11-3-4-12(18)17-13(11)19;1-2/h5-6,11,16H,2-4H2,1H3,(H,17,18,19);1-2H3. The van der Waals surface area contributed by atoms with E-state index in [9.17, 15) is 18.4 Å². The van der Waals surface area contributed by atoms with Crippen LogP contribution in [0.25, 0.3) is 0 Å². The molecular formula is C15H20F2N2O2. The zero-order valence-electron chi connectivity index (χ0n) is 12.4. The number of halogens is 2. The monoisotopic (exact) mass is 298 g/mol. The summed E-state index contributed by atoms with van der Waals surface area (Å²) in [4.78, 5) is 22.5. The average Bonchev–Trinajstić information content (AvgIpc) is 2.44. The van der Waals surface area contributed by atoms with Gasteiger partial charge in [-0.2, -0.15) is 0 Å². The van der Waals surface area contributed by atoms with Crippen LogP contribution in [0.3, 0.4) is 0 Å². The van der Waals surface area contributed by atoms with Crippen LogP contribution in [0.5, 0.6) is 0 Å². The first kappa shape index (κ1) is 17.1. The van der Waals surface area contributed by atoms with Crippen LogP contribution in [-0.2, 0) is 16.0 Å². The maximum Gasteiger partial charge on any atom is 0.249 e. The lowest BCUT2D eigenvalue weighted by molar-refractivity contribution is -0.133. The van der Waals surface area contributed by atoms with Crippen molar-refractivity contribution in [3.8, 4) is 0 Å². The summed E-state index contributed by atoms with van der Waals surface area (Å²) in [5, 5.41) is 4.91. The summed E-state index contributed by atoms with van der Waals surface area (Å²) in [5.74, 6) is -2.09. The number of carbonyl (C=O) groups is 2. The van der Waals surface area contributed by atoms with Crippen molar-refractivity contribution in [1.29, 1.82) is 0 Å². The number of nitrogens with one attached hydrogen (secondary N) is 2. The average molecular weight is 298 g/mol. The van der Waals surface area contributed by atoms with E-state index in [0.717, 1.165) is 12.1 Å². The first-order valence-electron chi connectivity index (χ1n) is 7.09. The molecule has 0 spiro atoms. The fourth-order valence-electron chi connectivity index (χ4n) is 2.06. The molecule has 1 aliphatic rings. The second-order valence-corrected chi connectivity index (χ2v) is 4.42. The second kappa shape index (κ2) is 7.71. The van der Waals surface area contributed by atoms with E-state index in [1.807, 2.05) is 13.8 Å². The van der Waals surface area contributed by atoms with E-state index in [0.29, 0.717) is 6.42 Å². The van der Waals surface area contributed by atoms with Crippen molar-refractivity contribution in [2.24, 2.45) is 0 Å². The number of benzene rings is 1. The third kappa shape index (κ3) is 4.24. The van der Waals surface area contributed by atoms with Gasteiger partial charge in [0.2, 0.25) is 11.8 Å². The minimum Gasteiger partial charge on any atom is -0.373 e. The molecule has 0 saturated carbocycles. The fraction of sp³-hybridized carbons (Fsp3) is 0.467. The lowest BCUT2D eigenvalue weighted by atomic mass is 10.1. The number of hydrogen-bond donors (Lipinski definition) is 2. The van der Waals surface area contributed by atoms with E-state index in [1.54, 1.807) is 6.92 Å². The van der Waals surface area contributed by atoms with E-state index in [2.05, 4.69) is 10.6 Å². The highest BCUT2D eigenvalue weighted by Crippen LogP contribution is 2.21. The topological polar surface area (TPSA) is 58.2 Å². The lowest BCUT2D eigenvalue weighted by Gasteiger charge is -2.23. The minimum atomic E-state index is -0.649. The molecule has 0 bridgehead atoms. The Morgan fingerprint density at radius 3 is 2.29 bits per heavy atom. The summed E-state index contributed by atoms with van der Waals surface area (Å²) < 4.78 is 27.2. The molecule has 116 valence electrons. The number of anilines is 1. The van der Waals surface area contributed by atoms with Gasteiger partial charge in [0, 0.05) is 17.7 Å². The lowest BCUT2D eigenvalue weighted by Crippen LogP contribution is -2.47. The molecule has 1 aromatic carbocycles. The molecule has 1 unspecified atom stereocenters. The highest BCUT2D eigenvalue weighted by atomic mass is 19.1. The number of piperidine rings is 1. The van der Waals surface area contributed by atoms with Gasteiger partial charge in [0.05, 0.1) is 0 Å². The molecule has 1 aromatic rings. The van der Waals surface area contributed by atoms with Crippen LogP contribution >= 0.6 is 0 Å². The van der Waals surface area contributed by atoms with Gasteiger partial charge in [-0.05, 0) is 25.0 Å². The molecule has 1 heterocycles. The summed E-state index contributed by atoms with van der Waals surface area (Å²) in [5.41, 5.74) is 0.218. The van der Waals surface area contributed by atoms with E-state index in [-0.39, 0.29) is 30.0 Å². The molecule has 1 fully saturated rings. The maximum atomic E-state index is 13.6. The Morgan fingerprint density at radius 1 is 1.24 bits per heavy atom. The Morgan fingerprint density at radius 2 is 1.81 bits per heavy atom. The number of hydrogen-bond acceptors (Lipinski definition) is 3. The van der Waals surface area contributed by atoms with Gasteiger partial charge >= 0.3 is 0 Å². The molecular weight excluding hydrogens is 278 g/mol. The predicted molar refractivity (Wildman–Crippen MR) is 76.9 cm³/mol. The van der Waals surface area contributed by atoms with Crippen molar-refractivity contribution >= 4 is 17.5 Å². The van der Waals surface area contributed by atoms with Crippen LogP contribution in [0, 0.1) is 11.6 Å². The van der Waals surface area contributed by atoms with Crippen LogP contribution in [0.4, 0.5) is 14.5 Å². The zero-order chi connectivity index (χ0) is 16.0. The zero-order valence-corrected chi connectivity index (χ0v) is 12.4. The van der Waals surface area contributed by atoms with Crippen molar-refractivity contribution < 1.29 is 18.4 Å². The molecule has 0 aromatic heterocycles. The number of carbonyl (C=O) groups excluding carboxylic acids is 2. The number of rotatable bonds is 3. The first-order chi connectivity index (χ1) is 10.0. The normalized spacial score (nSPS) is 17.7. The van der Waals surface area contributed by atoms with Crippen molar-refractivity contribution in [1.82, 2.24) is 5.32 Å². The quantitative estimate of drug-likeness (QED) is 0.844. The van der Waals surface area contributed by atoms with E-state index < -0.39 is 23.6 Å². The van der Waals surface area contributed by atoms with Gasteiger partial charge in [0.15, 0.2) is 0 Å². The van der Waals surface area contributed by atoms with Crippen LogP contribution in [-0.4, -0.2) is 17.9 Å². The third-order valence-corrected chi connectivity index (χ3v) is 3.07. The van der Waals surface area contributed by atoms with Gasteiger partial charge < -0.3 is 5.32 Å². The van der Waals surface area contributed by atoms with Crippen LogP contribution in [0.15, 0.2) is 12.1 Å². The smallest absolute Gasteiger partial charge is 0.249 e. The molecule has 21 heavy (non-hydrogen) atoms. The molecule has 1 saturated heterocycles. The van der Waals surface area contributed by atoms with E-state index in [1.165, 1.54) is 0 Å². The summed E-state index contributed by atoms with van der Waals surface area (Å²) in [7, 11) is 0. The van der Waals surface area contributed by atoms with Crippen LogP contribution in [0.2, 0.25) is 0 Å². The van der Waals surface area contributed by atoms with Crippen LogP contribution in [0.1, 0.15) is 39.2 Å². The van der Waals surface area contributed by atoms with Gasteiger partial charge in [-0.1, -0.05) is 20.8 Å². The van der Waals surface area contributed by atoms with Gasteiger partial charge in [-0.25, -0.2) is 8.78 Å². The highest BCUT2D eigenvalue weighted by molar-refractivity contribution is 6.01. The molecule has 6 heteroatoms. The summed E-state index contributed by atoms with van der Waals surface area (Å²) in [6, 6.07) is 1.67. The Balaban J connectivity index is 0.00000106.